The van der Waals surface area contributed by atoms with Crippen LogP contribution in [-0.2, 0) is 0 Å². The van der Waals surface area contributed by atoms with Gasteiger partial charge >= 0.3 is 0 Å². The summed E-state index contributed by atoms with van der Waals surface area (Å²) in [6, 6.07) is 69.9. The standard InChI is InChI=1S/C49H32N2/c1-3-14-35(15-4-1)47-41-19-9-10-20-42(41)48(36-16-5-2-6-17-36)44-32-39(28-30-43(44)47)34-23-25-37(26-24-34)49-50-45-21-11-12-22-46(45)51(49)40-29-27-33-13-7-8-18-38(33)31-40/h1-32H. The third-order valence-corrected chi connectivity index (χ3v) is 10.2. The molecule has 51 heavy (non-hydrogen) atoms. The van der Waals surface area contributed by atoms with Gasteiger partial charge in [0.25, 0.3) is 0 Å². The van der Waals surface area contributed by atoms with Crippen LogP contribution in [-0.4, -0.2) is 9.55 Å². The van der Waals surface area contributed by atoms with E-state index in [1.165, 1.54) is 65.7 Å². The summed E-state index contributed by atoms with van der Waals surface area (Å²) in [5, 5.41) is 7.47. The molecule has 0 amide bonds. The van der Waals surface area contributed by atoms with E-state index in [-0.39, 0.29) is 0 Å². The maximum atomic E-state index is 5.16. The van der Waals surface area contributed by atoms with Gasteiger partial charge in [0.2, 0.25) is 0 Å². The van der Waals surface area contributed by atoms with Crippen LogP contribution in [0.5, 0.6) is 0 Å². The highest BCUT2D eigenvalue weighted by Crippen LogP contribution is 2.45. The van der Waals surface area contributed by atoms with Gasteiger partial charge in [-0.05, 0) is 96.0 Å². The number of fused-ring (bicyclic) bond motifs is 4. The molecule has 0 unspecified atom stereocenters. The van der Waals surface area contributed by atoms with E-state index in [9.17, 15) is 0 Å². The third-order valence-electron chi connectivity index (χ3n) is 10.2. The van der Waals surface area contributed by atoms with E-state index < -0.39 is 0 Å². The molecule has 10 aromatic rings. The van der Waals surface area contributed by atoms with Gasteiger partial charge in [-0.25, -0.2) is 4.98 Å². The summed E-state index contributed by atoms with van der Waals surface area (Å²) in [4.78, 5) is 5.16. The Bertz CT molecular complexity index is 2880. The van der Waals surface area contributed by atoms with Crippen LogP contribution in [0.4, 0.5) is 0 Å². The maximum Gasteiger partial charge on any atom is 0.145 e. The molecule has 0 aliphatic rings. The van der Waals surface area contributed by atoms with E-state index in [1.54, 1.807) is 0 Å². The van der Waals surface area contributed by atoms with Crippen LogP contribution in [0.1, 0.15) is 0 Å². The molecule has 1 aromatic heterocycles. The van der Waals surface area contributed by atoms with Crippen LogP contribution in [0, 0.1) is 0 Å². The number of aromatic nitrogens is 2. The summed E-state index contributed by atoms with van der Waals surface area (Å²) in [5.74, 6) is 0.932. The number of benzene rings is 9. The topological polar surface area (TPSA) is 17.8 Å². The first-order valence-corrected chi connectivity index (χ1v) is 17.5. The first-order chi connectivity index (χ1) is 25.3. The molecule has 0 saturated carbocycles. The molecule has 0 atom stereocenters. The van der Waals surface area contributed by atoms with Crippen molar-refractivity contribution in [3.63, 3.8) is 0 Å². The smallest absolute Gasteiger partial charge is 0.145 e. The van der Waals surface area contributed by atoms with Gasteiger partial charge in [-0.15, -0.1) is 0 Å². The van der Waals surface area contributed by atoms with Gasteiger partial charge in [-0.2, -0.15) is 0 Å². The predicted molar refractivity (Wildman–Crippen MR) is 215 cm³/mol. The van der Waals surface area contributed by atoms with E-state index in [4.69, 9.17) is 4.98 Å². The molecule has 0 spiro atoms. The fourth-order valence-corrected chi connectivity index (χ4v) is 7.80. The van der Waals surface area contributed by atoms with Crippen molar-refractivity contribution in [3.05, 3.63) is 194 Å². The Labute approximate surface area is 296 Å². The minimum absolute atomic E-state index is 0.932. The Morgan fingerprint density at radius 1 is 0.333 bits per heavy atom. The second kappa shape index (κ2) is 12.0. The van der Waals surface area contributed by atoms with Crippen LogP contribution >= 0.6 is 0 Å². The molecule has 0 bridgehead atoms. The van der Waals surface area contributed by atoms with Crippen LogP contribution < -0.4 is 0 Å². The molecule has 238 valence electrons. The monoisotopic (exact) mass is 648 g/mol. The second-order valence-electron chi connectivity index (χ2n) is 13.2. The van der Waals surface area contributed by atoms with E-state index in [1.807, 2.05) is 0 Å². The van der Waals surface area contributed by atoms with Crippen molar-refractivity contribution in [2.45, 2.75) is 0 Å². The summed E-state index contributed by atoms with van der Waals surface area (Å²) in [5.41, 5.74) is 11.6. The first-order valence-electron chi connectivity index (χ1n) is 17.5. The lowest BCUT2D eigenvalue weighted by atomic mass is 9.85. The Hall–Kier alpha value is -6.77. The van der Waals surface area contributed by atoms with Gasteiger partial charge in [0.05, 0.1) is 11.0 Å². The van der Waals surface area contributed by atoms with Crippen molar-refractivity contribution >= 4 is 43.4 Å². The van der Waals surface area contributed by atoms with Gasteiger partial charge in [0.1, 0.15) is 5.82 Å². The van der Waals surface area contributed by atoms with Gasteiger partial charge in [-0.1, -0.05) is 164 Å². The second-order valence-corrected chi connectivity index (χ2v) is 13.2. The number of hydrogen-bond acceptors (Lipinski definition) is 1. The van der Waals surface area contributed by atoms with E-state index in [2.05, 4.69) is 199 Å². The molecule has 2 nitrogen and oxygen atoms in total. The van der Waals surface area contributed by atoms with Crippen molar-refractivity contribution in [2.75, 3.05) is 0 Å². The average Bonchev–Trinajstić information content (AvgIpc) is 3.60. The van der Waals surface area contributed by atoms with Crippen molar-refractivity contribution < 1.29 is 0 Å². The molecule has 0 fully saturated rings. The Morgan fingerprint density at radius 3 is 1.61 bits per heavy atom. The molecule has 0 N–H and O–H groups in total. The highest BCUT2D eigenvalue weighted by Gasteiger charge is 2.18. The zero-order chi connectivity index (χ0) is 33.7. The third kappa shape index (κ3) is 4.92. The highest BCUT2D eigenvalue weighted by atomic mass is 15.1. The molecule has 10 rings (SSSR count). The summed E-state index contributed by atoms with van der Waals surface area (Å²) >= 11 is 0. The van der Waals surface area contributed by atoms with E-state index in [0.717, 1.165) is 28.1 Å². The van der Waals surface area contributed by atoms with E-state index >= 15 is 0 Å². The van der Waals surface area contributed by atoms with E-state index in [0.29, 0.717) is 0 Å². The molecule has 0 radical (unpaired) electrons. The Kier molecular flexibility index (Phi) is 6.85. The average molecular weight is 649 g/mol. The van der Waals surface area contributed by atoms with Gasteiger partial charge < -0.3 is 0 Å². The summed E-state index contributed by atoms with van der Waals surface area (Å²) < 4.78 is 2.29. The Balaban J connectivity index is 1.14. The summed E-state index contributed by atoms with van der Waals surface area (Å²) in [6.07, 6.45) is 0. The van der Waals surface area contributed by atoms with Crippen molar-refractivity contribution in [2.24, 2.45) is 0 Å². The summed E-state index contributed by atoms with van der Waals surface area (Å²) in [6.45, 7) is 0. The van der Waals surface area contributed by atoms with Crippen LogP contribution in [0.25, 0.3) is 93.8 Å². The quantitative estimate of drug-likeness (QED) is 0.170. The molecule has 1 heterocycles. The van der Waals surface area contributed by atoms with Crippen molar-refractivity contribution in [3.8, 4) is 50.5 Å². The van der Waals surface area contributed by atoms with Gasteiger partial charge in [0.15, 0.2) is 0 Å². The van der Waals surface area contributed by atoms with Crippen molar-refractivity contribution in [1.29, 1.82) is 0 Å². The number of imidazole rings is 1. The zero-order valence-electron chi connectivity index (χ0n) is 27.9. The molecule has 0 aliphatic heterocycles. The summed E-state index contributed by atoms with van der Waals surface area (Å²) in [7, 11) is 0. The lowest BCUT2D eigenvalue weighted by Gasteiger charge is -2.18. The fourth-order valence-electron chi connectivity index (χ4n) is 7.80. The maximum absolute atomic E-state index is 5.16. The van der Waals surface area contributed by atoms with Crippen molar-refractivity contribution in [1.82, 2.24) is 9.55 Å². The number of hydrogen-bond donors (Lipinski definition) is 0. The fraction of sp³-hybridized carbons (Fsp3) is 0. The number of nitrogens with zero attached hydrogens (tertiary/aromatic N) is 2. The SMILES string of the molecule is c1ccc(-c2c3ccccc3c(-c3ccccc3)c3cc(-c4ccc(-c5nc6ccccc6n5-c5ccc6ccccc6c5)cc4)ccc23)cc1. The molecule has 0 aliphatic carbocycles. The zero-order valence-corrected chi connectivity index (χ0v) is 27.9. The molecular formula is C49H32N2. The number of para-hydroxylation sites is 2. The van der Waals surface area contributed by atoms with Crippen LogP contribution in [0.3, 0.4) is 0 Å². The lowest BCUT2D eigenvalue weighted by molar-refractivity contribution is 1.11. The molecular weight excluding hydrogens is 617 g/mol. The molecule has 2 heteroatoms. The van der Waals surface area contributed by atoms with Crippen LogP contribution in [0.2, 0.25) is 0 Å². The highest BCUT2D eigenvalue weighted by molar-refractivity contribution is 6.22. The number of rotatable bonds is 5. The van der Waals surface area contributed by atoms with Crippen LogP contribution in [0.15, 0.2) is 194 Å². The molecule has 0 saturated heterocycles. The first kappa shape index (κ1) is 29.2. The largest absolute Gasteiger partial charge is 0.292 e. The van der Waals surface area contributed by atoms with Gasteiger partial charge in [0, 0.05) is 11.3 Å². The predicted octanol–water partition coefficient (Wildman–Crippen LogP) is 13.2. The Morgan fingerprint density at radius 2 is 0.882 bits per heavy atom. The normalized spacial score (nSPS) is 11.5. The minimum atomic E-state index is 0.932. The van der Waals surface area contributed by atoms with Gasteiger partial charge in [-0.3, -0.25) is 4.57 Å². The lowest BCUT2D eigenvalue weighted by Crippen LogP contribution is -1.97. The molecule has 9 aromatic carbocycles. The minimum Gasteiger partial charge on any atom is -0.292 e.